The zero-order valence-electron chi connectivity index (χ0n) is 16.8. The third-order valence-corrected chi connectivity index (χ3v) is 4.50. The summed E-state index contributed by atoms with van der Waals surface area (Å²) in [7, 11) is 0. The minimum absolute atomic E-state index is 0.152. The van der Waals surface area contributed by atoms with Crippen LogP contribution in [0.1, 0.15) is 35.7 Å². The van der Waals surface area contributed by atoms with E-state index < -0.39 is 5.97 Å². The first-order chi connectivity index (χ1) is 14.5. The molecule has 1 saturated heterocycles. The Kier molecular flexibility index (Phi) is 7.34. The number of carbonyl (C=O) groups excluding carboxylic acids is 3. The van der Waals surface area contributed by atoms with Crippen LogP contribution in [0.5, 0.6) is 5.75 Å². The smallest absolute Gasteiger partial charge is 0.308 e. The standard InChI is InChI=1S/C23H24N2O5/c1-16(26)30-21-4-2-3-19(14-21)23(28)24-15-18-5-7-20(8-6-18)25-22(27)13-17-9-11-29-12-10-17/h2-8,13-14H,9-12,15H2,1H3,(H,24,28)(H,25,27). The molecular weight excluding hydrogens is 384 g/mol. The van der Waals surface area contributed by atoms with E-state index >= 15 is 0 Å². The lowest BCUT2D eigenvalue weighted by Crippen LogP contribution is -2.22. The molecule has 0 aliphatic carbocycles. The maximum absolute atomic E-state index is 12.3. The Bertz CT molecular complexity index is 942. The summed E-state index contributed by atoms with van der Waals surface area (Å²) in [4.78, 5) is 35.5. The molecule has 1 aliphatic rings. The third kappa shape index (κ3) is 6.56. The lowest BCUT2D eigenvalue weighted by Gasteiger charge is -2.14. The van der Waals surface area contributed by atoms with Crippen molar-refractivity contribution < 1.29 is 23.9 Å². The minimum Gasteiger partial charge on any atom is -0.427 e. The molecule has 2 aromatic rings. The van der Waals surface area contributed by atoms with Crippen molar-refractivity contribution in [3.05, 3.63) is 71.3 Å². The summed E-state index contributed by atoms with van der Waals surface area (Å²) in [6.07, 6.45) is 3.21. The van der Waals surface area contributed by atoms with Crippen LogP contribution in [0.3, 0.4) is 0 Å². The molecule has 30 heavy (non-hydrogen) atoms. The van der Waals surface area contributed by atoms with Gasteiger partial charge in [-0.25, -0.2) is 0 Å². The van der Waals surface area contributed by atoms with Crippen molar-refractivity contribution >= 4 is 23.5 Å². The number of benzene rings is 2. The van der Waals surface area contributed by atoms with E-state index in [-0.39, 0.29) is 11.8 Å². The summed E-state index contributed by atoms with van der Waals surface area (Å²) < 4.78 is 10.3. The number of hydrogen-bond acceptors (Lipinski definition) is 5. The summed E-state index contributed by atoms with van der Waals surface area (Å²) in [6.45, 7) is 2.96. The van der Waals surface area contributed by atoms with Crippen LogP contribution in [0.2, 0.25) is 0 Å². The van der Waals surface area contributed by atoms with Crippen molar-refractivity contribution in [1.29, 1.82) is 0 Å². The molecule has 0 radical (unpaired) electrons. The predicted molar refractivity (Wildman–Crippen MR) is 112 cm³/mol. The van der Waals surface area contributed by atoms with Gasteiger partial charge in [0.25, 0.3) is 5.91 Å². The Morgan fingerprint density at radius 2 is 1.80 bits per heavy atom. The zero-order chi connectivity index (χ0) is 21.3. The van der Waals surface area contributed by atoms with E-state index in [9.17, 15) is 14.4 Å². The summed E-state index contributed by atoms with van der Waals surface area (Å²) in [5, 5.41) is 5.67. The van der Waals surface area contributed by atoms with E-state index in [2.05, 4.69) is 10.6 Å². The normalized spacial score (nSPS) is 13.3. The van der Waals surface area contributed by atoms with Crippen LogP contribution in [-0.2, 0) is 20.9 Å². The molecule has 2 aromatic carbocycles. The number of ether oxygens (including phenoxy) is 2. The van der Waals surface area contributed by atoms with Gasteiger partial charge in [-0.05, 0) is 48.7 Å². The molecule has 3 rings (SSSR count). The van der Waals surface area contributed by atoms with Gasteiger partial charge in [-0.3, -0.25) is 14.4 Å². The predicted octanol–water partition coefficient (Wildman–Crippen LogP) is 3.22. The molecule has 1 aliphatic heterocycles. The van der Waals surface area contributed by atoms with Gasteiger partial charge < -0.3 is 20.1 Å². The first kappa shape index (κ1) is 21.3. The second-order valence-electron chi connectivity index (χ2n) is 6.91. The highest BCUT2D eigenvalue weighted by Crippen LogP contribution is 2.16. The van der Waals surface area contributed by atoms with E-state index in [4.69, 9.17) is 9.47 Å². The van der Waals surface area contributed by atoms with Crippen molar-refractivity contribution in [1.82, 2.24) is 5.32 Å². The number of esters is 1. The third-order valence-electron chi connectivity index (χ3n) is 4.50. The van der Waals surface area contributed by atoms with E-state index in [1.54, 1.807) is 36.4 Å². The number of carbonyl (C=O) groups is 3. The number of amides is 2. The monoisotopic (exact) mass is 408 g/mol. The first-order valence-electron chi connectivity index (χ1n) is 9.73. The molecule has 1 heterocycles. The summed E-state index contributed by atoms with van der Waals surface area (Å²) >= 11 is 0. The molecular formula is C23H24N2O5. The van der Waals surface area contributed by atoms with Crippen LogP contribution < -0.4 is 15.4 Å². The van der Waals surface area contributed by atoms with Crippen molar-refractivity contribution in [2.75, 3.05) is 18.5 Å². The molecule has 0 spiro atoms. The fourth-order valence-corrected chi connectivity index (χ4v) is 3.00. The van der Waals surface area contributed by atoms with Crippen LogP contribution in [0.15, 0.2) is 60.2 Å². The van der Waals surface area contributed by atoms with E-state index in [0.717, 1.165) is 24.0 Å². The molecule has 2 N–H and O–H groups in total. The zero-order valence-corrected chi connectivity index (χ0v) is 16.8. The van der Waals surface area contributed by atoms with Crippen LogP contribution in [0.25, 0.3) is 0 Å². The average Bonchev–Trinajstić information content (AvgIpc) is 2.73. The lowest BCUT2D eigenvalue weighted by atomic mass is 10.1. The highest BCUT2D eigenvalue weighted by atomic mass is 16.5. The highest BCUT2D eigenvalue weighted by molar-refractivity contribution is 5.99. The summed E-state index contributed by atoms with van der Waals surface area (Å²) in [6, 6.07) is 13.7. The van der Waals surface area contributed by atoms with Gasteiger partial charge in [0, 0.05) is 30.8 Å². The number of rotatable bonds is 6. The second kappa shape index (κ2) is 10.4. The highest BCUT2D eigenvalue weighted by Gasteiger charge is 2.09. The van der Waals surface area contributed by atoms with E-state index in [1.807, 2.05) is 12.1 Å². The van der Waals surface area contributed by atoms with E-state index in [0.29, 0.717) is 36.8 Å². The van der Waals surface area contributed by atoms with Gasteiger partial charge in [0.2, 0.25) is 5.91 Å². The molecule has 0 bridgehead atoms. The van der Waals surface area contributed by atoms with Gasteiger partial charge >= 0.3 is 5.97 Å². The first-order valence-corrected chi connectivity index (χ1v) is 9.73. The van der Waals surface area contributed by atoms with Gasteiger partial charge in [0.1, 0.15) is 5.75 Å². The molecule has 156 valence electrons. The number of anilines is 1. The molecule has 1 fully saturated rings. The number of nitrogens with one attached hydrogen (secondary N) is 2. The number of hydrogen-bond donors (Lipinski definition) is 2. The van der Waals surface area contributed by atoms with Crippen molar-refractivity contribution in [2.24, 2.45) is 0 Å². The lowest BCUT2D eigenvalue weighted by molar-refractivity contribution is -0.131. The molecule has 7 nitrogen and oxygen atoms in total. The Morgan fingerprint density at radius 1 is 1.07 bits per heavy atom. The second-order valence-corrected chi connectivity index (χ2v) is 6.91. The van der Waals surface area contributed by atoms with Gasteiger partial charge in [-0.1, -0.05) is 23.8 Å². The Labute approximate surface area is 175 Å². The Hall–Kier alpha value is -3.45. The summed E-state index contributed by atoms with van der Waals surface area (Å²) in [5.74, 6) is -0.542. The van der Waals surface area contributed by atoms with Crippen molar-refractivity contribution in [3.63, 3.8) is 0 Å². The van der Waals surface area contributed by atoms with Gasteiger partial charge in [-0.15, -0.1) is 0 Å². The molecule has 0 unspecified atom stereocenters. The van der Waals surface area contributed by atoms with Crippen LogP contribution in [0.4, 0.5) is 5.69 Å². The summed E-state index contributed by atoms with van der Waals surface area (Å²) in [5.41, 5.74) is 3.07. The van der Waals surface area contributed by atoms with Crippen molar-refractivity contribution in [2.45, 2.75) is 26.3 Å². The SMILES string of the molecule is CC(=O)Oc1cccc(C(=O)NCc2ccc(NC(=O)C=C3CCOCC3)cc2)c1. The molecule has 0 saturated carbocycles. The Balaban J connectivity index is 1.51. The molecule has 0 aromatic heterocycles. The van der Waals surface area contributed by atoms with Gasteiger partial charge in [0.15, 0.2) is 0 Å². The van der Waals surface area contributed by atoms with Crippen molar-refractivity contribution in [3.8, 4) is 5.75 Å². The molecule has 7 heteroatoms. The Morgan fingerprint density at radius 3 is 2.50 bits per heavy atom. The fraction of sp³-hybridized carbons (Fsp3) is 0.261. The fourth-order valence-electron chi connectivity index (χ4n) is 3.00. The van der Waals surface area contributed by atoms with Gasteiger partial charge in [-0.2, -0.15) is 0 Å². The molecule has 2 amide bonds. The van der Waals surface area contributed by atoms with Crippen LogP contribution >= 0.6 is 0 Å². The maximum atomic E-state index is 12.3. The van der Waals surface area contributed by atoms with Crippen LogP contribution in [0, 0.1) is 0 Å². The minimum atomic E-state index is -0.441. The largest absolute Gasteiger partial charge is 0.427 e. The van der Waals surface area contributed by atoms with Crippen LogP contribution in [-0.4, -0.2) is 31.0 Å². The molecule has 0 atom stereocenters. The van der Waals surface area contributed by atoms with Gasteiger partial charge in [0.05, 0.1) is 13.2 Å². The average molecular weight is 408 g/mol. The maximum Gasteiger partial charge on any atom is 0.308 e. The van der Waals surface area contributed by atoms with E-state index in [1.165, 1.54) is 13.0 Å². The quantitative estimate of drug-likeness (QED) is 0.435. The topological polar surface area (TPSA) is 93.7 Å².